The van der Waals surface area contributed by atoms with Gasteiger partial charge in [0.25, 0.3) is 0 Å². The number of nitrogens with one attached hydrogen (secondary N) is 1. The molecule has 0 aliphatic rings. The molecule has 7 heteroatoms. The summed E-state index contributed by atoms with van der Waals surface area (Å²) in [6.07, 6.45) is 3.77. The summed E-state index contributed by atoms with van der Waals surface area (Å²) in [4.78, 5) is 0. The lowest BCUT2D eigenvalue weighted by Crippen LogP contribution is -2.12. The topological polar surface area (TPSA) is 78.0 Å². The van der Waals surface area contributed by atoms with Gasteiger partial charge in [0.2, 0.25) is 0 Å². The van der Waals surface area contributed by atoms with E-state index in [1.807, 2.05) is 30.8 Å². The minimum absolute atomic E-state index is 0.0790. The van der Waals surface area contributed by atoms with E-state index < -0.39 is 0 Å². The summed E-state index contributed by atoms with van der Waals surface area (Å²) in [5, 5.41) is 8.27. The monoisotopic (exact) mass is 267 g/mol. The van der Waals surface area contributed by atoms with Crippen molar-refractivity contribution >= 4 is 22.4 Å². The van der Waals surface area contributed by atoms with E-state index in [0.29, 0.717) is 11.6 Å². The zero-order valence-electron chi connectivity index (χ0n) is 10.5. The third-order valence-electron chi connectivity index (χ3n) is 2.21. The molecule has 0 bridgehead atoms. The van der Waals surface area contributed by atoms with Crippen molar-refractivity contribution in [2.45, 2.75) is 26.5 Å². The third kappa shape index (κ3) is 3.13. The first-order valence-electron chi connectivity index (χ1n) is 5.80. The van der Waals surface area contributed by atoms with Gasteiger partial charge >= 0.3 is 0 Å². The van der Waals surface area contributed by atoms with Gasteiger partial charge in [0.15, 0.2) is 16.6 Å². The SMILES string of the molecule is CC(C)Oc1c(N)nsc1NCCn1cccn1. The highest BCUT2D eigenvalue weighted by molar-refractivity contribution is 7.11. The Labute approximate surface area is 110 Å². The molecule has 2 rings (SSSR count). The molecule has 2 aromatic rings. The van der Waals surface area contributed by atoms with Crippen LogP contribution in [0.3, 0.4) is 0 Å². The van der Waals surface area contributed by atoms with Crippen molar-refractivity contribution in [3.63, 3.8) is 0 Å². The number of ether oxygens (including phenoxy) is 1. The molecule has 0 atom stereocenters. The summed E-state index contributed by atoms with van der Waals surface area (Å²) in [5.41, 5.74) is 5.77. The second-order valence-corrected chi connectivity index (χ2v) is 4.86. The lowest BCUT2D eigenvalue weighted by atomic mass is 10.4. The van der Waals surface area contributed by atoms with Crippen LogP contribution in [0.25, 0.3) is 0 Å². The molecule has 0 aromatic carbocycles. The number of hydrogen-bond donors (Lipinski definition) is 2. The highest BCUT2D eigenvalue weighted by atomic mass is 32.1. The smallest absolute Gasteiger partial charge is 0.197 e. The van der Waals surface area contributed by atoms with Crippen molar-refractivity contribution in [2.24, 2.45) is 0 Å². The Morgan fingerprint density at radius 2 is 2.39 bits per heavy atom. The molecule has 2 aromatic heterocycles. The summed E-state index contributed by atoms with van der Waals surface area (Å²) in [7, 11) is 0. The number of anilines is 2. The number of hydrogen-bond acceptors (Lipinski definition) is 6. The number of nitrogens with two attached hydrogens (primary N) is 1. The first kappa shape index (κ1) is 12.7. The summed E-state index contributed by atoms with van der Waals surface area (Å²) in [6, 6.07) is 1.90. The summed E-state index contributed by atoms with van der Waals surface area (Å²) >= 11 is 1.31. The van der Waals surface area contributed by atoms with E-state index >= 15 is 0 Å². The Hall–Kier alpha value is -1.76. The van der Waals surface area contributed by atoms with Crippen LogP contribution in [0.2, 0.25) is 0 Å². The minimum Gasteiger partial charge on any atom is -0.484 e. The van der Waals surface area contributed by atoms with Gasteiger partial charge in [-0.15, -0.1) is 0 Å². The molecule has 0 fully saturated rings. The predicted octanol–water partition coefficient (Wildman–Crippen LogP) is 1.82. The Morgan fingerprint density at radius 1 is 1.56 bits per heavy atom. The van der Waals surface area contributed by atoms with E-state index in [4.69, 9.17) is 10.5 Å². The predicted molar refractivity (Wildman–Crippen MR) is 73.0 cm³/mol. The number of nitrogens with zero attached hydrogens (tertiary/aromatic N) is 3. The number of rotatable bonds is 6. The zero-order valence-corrected chi connectivity index (χ0v) is 11.3. The lowest BCUT2D eigenvalue weighted by Gasteiger charge is -2.11. The minimum atomic E-state index is 0.0790. The van der Waals surface area contributed by atoms with Crippen molar-refractivity contribution in [1.29, 1.82) is 0 Å². The Morgan fingerprint density at radius 3 is 3.06 bits per heavy atom. The Kier molecular flexibility index (Phi) is 4.03. The van der Waals surface area contributed by atoms with Crippen LogP contribution in [0.5, 0.6) is 5.75 Å². The summed E-state index contributed by atoms with van der Waals surface area (Å²) in [6.45, 7) is 5.46. The molecule has 0 saturated carbocycles. The fourth-order valence-electron chi connectivity index (χ4n) is 1.47. The normalized spacial score (nSPS) is 10.8. The number of nitrogen functional groups attached to an aromatic ring is 1. The molecular weight excluding hydrogens is 250 g/mol. The Bertz CT molecular complexity index is 480. The van der Waals surface area contributed by atoms with Gasteiger partial charge in [-0.3, -0.25) is 4.68 Å². The van der Waals surface area contributed by atoms with Crippen LogP contribution in [0.4, 0.5) is 10.8 Å². The summed E-state index contributed by atoms with van der Waals surface area (Å²) < 4.78 is 11.6. The van der Waals surface area contributed by atoms with Gasteiger partial charge in [-0.2, -0.15) is 9.47 Å². The molecule has 2 heterocycles. The molecule has 0 aliphatic carbocycles. The molecule has 0 spiro atoms. The first-order valence-corrected chi connectivity index (χ1v) is 6.57. The maximum absolute atomic E-state index is 5.77. The maximum atomic E-state index is 5.77. The van der Waals surface area contributed by atoms with Gasteiger partial charge < -0.3 is 15.8 Å². The van der Waals surface area contributed by atoms with Crippen LogP contribution in [-0.2, 0) is 6.54 Å². The largest absolute Gasteiger partial charge is 0.484 e. The van der Waals surface area contributed by atoms with Gasteiger partial charge in [0.05, 0.1) is 12.6 Å². The van der Waals surface area contributed by atoms with Crippen LogP contribution in [0, 0.1) is 0 Å². The molecule has 0 amide bonds. The van der Waals surface area contributed by atoms with E-state index in [1.54, 1.807) is 6.20 Å². The van der Waals surface area contributed by atoms with Gasteiger partial charge in [0.1, 0.15) is 0 Å². The second kappa shape index (κ2) is 5.72. The van der Waals surface area contributed by atoms with Crippen molar-refractivity contribution < 1.29 is 4.74 Å². The van der Waals surface area contributed by atoms with Crippen molar-refractivity contribution in [1.82, 2.24) is 14.2 Å². The molecule has 18 heavy (non-hydrogen) atoms. The zero-order chi connectivity index (χ0) is 13.0. The third-order valence-corrected chi connectivity index (χ3v) is 3.01. The molecule has 98 valence electrons. The standard InChI is InChI=1S/C11H17N5OS/c1-8(2)17-9-10(12)15-18-11(9)13-5-7-16-6-3-4-14-16/h3-4,6,8,13H,5,7H2,1-2H3,(H2,12,15). The van der Waals surface area contributed by atoms with E-state index in [-0.39, 0.29) is 6.10 Å². The van der Waals surface area contributed by atoms with Crippen LogP contribution < -0.4 is 15.8 Å². The first-order chi connectivity index (χ1) is 8.66. The second-order valence-electron chi connectivity index (χ2n) is 4.09. The summed E-state index contributed by atoms with van der Waals surface area (Å²) in [5.74, 6) is 1.09. The van der Waals surface area contributed by atoms with Crippen molar-refractivity contribution in [3.05, 3.63) is 18.5 Å². The average molecular weight is 267 g/mol. The number of aromatic nitrogens is 3. The van der Waals surface area contributed by atoms with Gasteiger partial charge in [-0.25, -0.2) is 0 Å². The molecule has 0 unspecified atom stereocenters. The van der Waals surface area contributed by atoms with Crippen LogP contribution in [0.1, 0.15) is 13.8 Å². The van der Waals surface area contributed by atoms with Crippen LogP contribution >= 0.6 is 11.5 Å². The molecule has 0 saturated heterocycles. The molecule has 6 nitrogen and oxygen atoms in total. The highest BCUT2D eigenvalue weighted by Crippen LogP contribution is 2.35. The van der Waals surface area contributed by atoms with Crippen molar-refractivity contribution in [2.75, 3.05) is 17.6 Å². The Balaban J connectivity index is 1.92. The fourth-order valence-corrected chi connectivity index (χ4v) is 2.15. The molecule has 0 radical (unpaired) electrons. The van der Waals surface area contributed by atoms with E-state index in [0.717, 1.165) is 18.1 Å². The van der Waals surface area contributed by atoms with Crippen molar-refractivity contribution in [3.8, 4) is 5.75 Å². The molecule has 0 aliphatic heterocycles. The quantitative estimate of drug-likeness (QED) is 0.834. The maximum Gasteiger partial charge on any atom is 0.197 e. The highest BCUT2D eigenvalue weighted by Gasteiger charge is 2.13. The van der Waals surface area contributed by atoms with E-state index in [9.17, 15) is 0 Å². The molecular formula is C11H17N5OS. The van der Waals surface area contributed by atoms with Gasteiger partial charge in [0, 0.05) is 18.9 Å². The molecule has 3 N–H and O–H groups in total. The van der Waals surface area contributed by atoms with Crippen LogP contribution in [-0.4, -0.2) is 26.8 Å². The van der Waals surface area contributed by atoms with E-state index in [2.05, 4.69) is 14.8 Å². The van der Waals surface area contributed by atoms with Gasteiger partial charge in [-0.1, -0.05) is 0 Å². The average Bonchev–Trinajstić information content (AvgIpc) is 2.93. The lowest BCUT2D eigenvalue weighted by molar-refractivity contribution is 0.245. The fraction of sp³-hybridized carbons (Fsp3) is 0.455. The van der Waals surface area contributed by atoms with E-state index in [1.165, 1.54) is 11.5 Å². The van der Waals surface area contributed by atoms with Crippen LogP contribution in [0.15, 0.2) is 18.5 Å². The van der Waals surface area contributed by atoms with Gasteiger partial charge in [-0.05, 0) is 31.4 Å².